The van der Waals surface area contributed by atoms with Gasteiger partial charge in [0.2, 0.25) is 0 Å². The van der Waals surface area contributed by atoms with E-state index in [1.165, 1.54) is 12.1 Å². The van der Waals surface area contributed by atoms with Crippen LogP contribution in [0, 0.1) is 5.82 Å². The highest BCUT2D eigenvalue weighted by Crippen LogP contribution is 2.13. The van der Waals surface area contributed by atoms with Crippen molar-refractivity contribution in [3.8, 4) is 0 Å². The fourth-order valence-electron chi connectivity index (χ4n) is 1.61. The van der Waals surface area contributed by atoms with Crippen molar-refractivity contribution in [2.45, 2.75) is 24.0 Å². The van der Waals surface area contributed by atoms with Gasteiger partial charge in [0.05, 0.1) is 24.0 Å². The fourth-order valence-corrected chi connectivity index (χ4v) is 2.69. The normalized spacial score (nSPS) is 19.1. The summed E-state index contributed by atoms with van der Waals surface area (Å²) in [6.45, 7) is 1.40. The Morgan fingerprint density at radius 2 is 1.88 bits per heavy atom. The van der Waals surface area contributed by atoms with E-state index in [0.717, 1.165) is 6.42 Å². The molecule has 1 aromatic rings. The van der Waals surface area contributed by atoms with Crippen molar-refractivity contribution in [2.75, 3.05) is 19.0 Å². The Labute approximate surface area is 102 Å². The van der Waals surface area contributed by atoms with Gasteiger partial charge in [0, 0.05) is 17.1 Å². The van der Waals surface area contributed by atoms with Gasteiger partial charge in [-0.1, -0.05) is 0 Å². The minimum absolute atomic E-state index is 0.242. The van der Waals surface area contributed by atoms with Crippen molar-refractivity contribution in [1.29, 1.82) is 0 Å². The molecule has 5 heteroatoms. The minimum Gasteiger partial charge on any atom is -0.353 e. The van der Waals surface area contributed by atoms with Gasteiger partial charge >= 0.3 is 0 Å². The topological polar surface area (TPSA) is 35.5 Å². The first kappa shape index (κ1) is 12.7. The van der Waals surface area contributed by atoms with Crippen molar-refractivity contribution in [3.63, 3.8) is 0 Å². The Morgan fingerprint density at radius 1 is 1.24 bits per heavy atom. The van der Waals surface area contributed by atoms with E-state index in [4.69, 9.17) is 9.47 Å². The van der Waals surface area contributed by atoms with Crippen LogP contribution in [0.5, 0.6) is 0 Å². The van der Waals surface area contributed by atoms with Crippen LogP contribution in [0.1, 0.15) is 12.8 Å². The molecule has 1 unspecified atom stereocenters. The first-order chi connectivity index (χ1) is 8.25. The van der Waals surface area contributed by atoms with Gasteiger partial charge in [0.25, 0.3) is 0 Å². The molecule has 0 N–H and O–H groups in total. The van der Waals surface area contributed by atoms with Crippen molar-refractivity contribution in [1.82, 2.24) is 0 Å². The quantitative estimate of drug-likeness (QED) is 0.829. The first-order valence-corrected chi connectivity index (χ1v) is 6.95. The number of hydrogen-bond acceptors (Lipinski definition) is 3. The molecule has 0 bridgehead atoms. The largest absolute Gasteiger partial charge is 0.353 e. The third-order valence-electron chi connectivity index (χ3n) is 2.51. The van der Waals surface area contributed by atoms with Crippen molar-refractivity contribution >= 4 is 10.8 Å². The summed E-state index contributed by atoms with van der Waals surface area (Å²) >= 11 is 0. The third-order valence-corrected chi connectivity index (χ3v) is 3.92. The predicted octanol–water partition coefficient (Wildman–Crippen LogP) is 2.09. The summed E-state index contributed by atoms with van der Waals surface area (Å²) in [4.78, 5) is 0.641. The summed E-state index contributed by atoms with van der Waals surface area (Å²) in [5.41, 5.74) is 0. The highest BCUT2D eigenvalue weighted by atomic mass is 32.2. The molecule has 1 aromatic carbocycles. The van der Waals surface area contributed by atoms with Gasteiger partial charge in [0.1, 0.15) is 5.82 Å². The van der Waals surface area contributed by atoms with Crippen molar-refractivity contribution < 1.29 is 18.1 Å². The maximum absolute atomic E-state index is 12.7. The van der Waals surface area contributed by atoms with Gasteiger partial charge in [-0.05, 0) is 30.7 Å². The summed E-state index contributed by atoms with van der Waals surface area (Å²) in [7, 11) is -1.12. The maximum Gasteiger partial charge on any atom is 0.158 e. The van der Waals surface area contributed by atoms with Crippen LogP contribution in [0.15, 0.2) is 29.2 Å². The number of ether oxygens (including phenoxy) is 2. The van der Waals surface area contributed by atoms with Crippen molar-refractivity contribution in [2.24, 2.45) is 0 Å². The summed E-state index contributed by atoms with van der Waals surface area (Å²) in [6.07, 6.45) is 1.27. The zero-order chi connectivity index (χ0) is 12.1. The lowest BCUT2D eigenvalue weighted by atomic mass is 10.3. The van der Waals surface area contributed by atoms with E-state index in [0.29, 0.717) is 30.3 Å². The van der Waals surface area contributed by atoms with Gasteiger partial charge in [-0.2, -0.15) is 0 Å². The monoisotopic (exact) mass is 258 g/mol. The van der Waals surface area contributed by atoms with Crippen LogP contribution in [0.3, 0.4) is 0 Å². The second-order valence-corrected chi connectivity index (χ2v) is 5.39. The molecule has 1 saturated heterocycles. The Bertz CT molecular complexity index is 374. The highest BCUT2D eigenvalue weighted by molar-refractivity contribution is 7.85. The van der Waals surface area contributed by atoms with E-state index in [-0.39, 0.29) is 12.1 Å². The molecule has 3 nitrogen and oxygen atoms in total. The number of hydrogen-bond donors (Lipinski definition) is 0. The fraction of sp³-hybridized carbons (Fsp3) is 0.500. The smallest absolute Gasteiger partial charge is 0.158 e. The molecule has 1 atom stereocenters. The molecule has 1 heterocycles. The molecule has 0 amide bonds. The van der Waals surface area contributed by atoms with E-state index in [1.54, 1.807) is 12.1 Å². The van der Waals surface area contributed by atoms with Crippen LogP contribution in [0.2, 0.25) is 0 Å². The lowest BCUT2D eigenvalue weighted by molar-refractivity contribution is -0.178. The lowest BCUT2D eigenvalue weighted by Gasteiger charge is -2.22. The number of rotatable bonds is 4. The summed E-state index contributed by atoms with van der Waals surface area (Å²) in [5, 5.41) is 0. The second-order valence-electron chi connectivity index (χ2n) is 3.82. The molecule has 94 valence electrons. The Morgan fingerprint density at radius 3 is 2.53 bits per heavy atom. The molecular formula is C12H15FO3S. The Hall–Kier alpha value is -0.780. The summed E-state index contributed by atoms with van der Waals surface area (Å²) < 4.78 is 35.3. The maximum atomic E-state index is 12.7. The second kappa shape index (κ2) is 6.23. The van der Waals surface area contributed by atoms with Crippen LogP contribution in [0.4, 0.5) is 4.39 Å². The SMILES string of the molecule is O=S(CCC1OCCCO1)c1ccc(F)cc1. The zero-order valence-electron chi connectivity index (χ0n) is 9.43. The molecule has 0 aromatic heterocycles. The van der Waals surface area contributed by atoms with Gasteiger partial charge < -0.3 is 9.47 Å². The molecule has 2 rings (SSSR count). The first-order valence-electron chi connectivity index (χ1n) is 5.63. The van der Waals surface area contributed by atoms with E-state index in [2.05, 4.69) is 0 Å². The van der Waals surface area contributed by atoms with Crippen molar-refractivity contribution in [3.05, 3.63) is 30.1 Å². The molecule has 17 heavy (non-hydrogen) atoms. The predicted molar refractivity (Wildman–Crippen MR) is 62.6 cm³/mol. The van der Waals surface area contributed by atoms with Crippen LogP contribution in [-0.2, 0) is 20.3 Å². The van der Waals surface area contributed by atoms with E-state index in [1.807, 2.05) is 0 Å². The van der Waals surface area contributed by atoms with E-state index >= 15 is 0 Å². The summed E-state index contributed by atoms with van der Waals surface area (Å²) in [5.74, 6) is 0.153. The van der Waals surface area contributed by atoms with E-state index < -0.39 is 10.8 Å². The Balaban J connectivity index is 1.82. The molecular weight excluding hydrogens is 243 g/mol. The zero-order valence-corrected chi connectivity index (χ0v) is 10.2. The number of halogens is 1. The van der Waals surface area contributed by atoms with Gasteiger partial charge in [0.15, 0.2) is 6.29 Å². The average Bonchev–Trinajstić information content (AvgIpc) is 2.38. The van der Waals surface area contributed by atoms with E-state index in [9.17, 15) is 8.60 Å². The van der Waals surface area contributed by atoms with Gasteiger partial charge in [-0.3, -0.25) is 4.21 Å². The molecule has 1 aliphatic heterocycles. The summed E-state index contributed by atoms with van der Waals surface area (Å²) in [6, 6.07) is 5.74. The van der Waals surface area contributed by atoms with Crippen LogP contribution < -0.4 is 0 Å². The molecule has 0 radical (unpaired) electrons. The molecule has 1 fully saturated rings. The minimum atomic E-state index is -1.12. The van der Waals surface area contributed by atoms with Crippen LogP contribution in [-0.4, -0.2) is 29.5 Å². The highest BCUT2D eigenvalue weighted by Gasteiger charge is 2.15. The number of benzene rings is 1. The van der Waals surface area contributed by atoms with Crippen LogP contribution >= 0.6 is 0 Å². The molecule has 1 aliphatic rings. The lowest BCUT2D eigenvalue weighted by Crippen LogP contribution is -2.26. The van der Waals surface area contributed by atoms with Gasteiger partial charge in [-0.25, -0.2) is 4.39 Å². The van der Waals surface area contributed by atoms with Crippen LogP contribution in [0.25, 0.3) is 0 Å². The molecule has 0 aliphatic carbocycles. The molecule has 0 saturated carbocycles. The average molecular weight is 258 g/mol. The molecule has 0 spiro atoms. The van der Waals surface area contributed by atoms with Gasteiger partial charge in [-0.15, -0.1) is 0 Å². The third kappa shape index (κ3) is 3.87. The standard InChI is InChI=1S/C12H15FO3S/c13-10-2-4-11(5-3-10)17(14)9-6-12-15-7-1-8-16-12/h2-5,12H,1,6-9H2. The Kier molecular flexibility index (Phi) is 4.65.